The van der Waals surface area contributed by atoms with Crippen molar-refractivity contribution in [1.29, 1.82) is 0 Å². The fraction of sp³-hybridized carbons (Fsp3) is 0. The van der Waals surface area contributed by atoms with Gasteiger partial charge >= 0.3 is 0 Å². The average Bonchev–Trinajstić information content (AvgIpc) is 2.27. The lowest BCUT2D eigenvalue weighted by molar-refractivity contribution is 0.605. The maximum atomic E-state index is 11.7. The van der Waals surface area contributed by atoms with Crippen molar-refractivity contribution in [3.63, 3.8) is 0 Å². The molecule has 0 amide bonds. The van der Waals surface area contributed by atoms with Gasteiger partial charge in [0.15, 0.2) is 9.84 Å². The third-order valence-electron chi connectivity index (χ3n) is 2.19. The Bertz CT molecular complexity index is 665. The number of fused-ring (bicyclic) bond motifs is 1. The van der Waals surface area contributed by atoms with E-state index in [-0.39, 0.29) is 4.90 Å². The van der Waals surface area contributed by atoms with Crippen molar-refractivity contribution in [3.8, 4) is 0 Å². The standard InChI is InChI=1S/C11H8ClNO2S/c1-2-16(14,15)11-5-6-13-10-7-8(12)3-4-9(10)11/h2-7H,1H2. The molecule has 0 aliphatic heterocycles. The first kappa shape index (κ1) is 11.1. The van der Waals surface area contributed by atoms with Gasteiger partial charge in [0.05, 0.1) is 10.4 Å². The second-order valence-corrected chi connectivity index (χ2v) is 5.48. The van der Waals surface area contributed by atoms with Crippen molar-refractivity contribution in [2.45, 2.75) is 4.90 Å². The normalized spacial score (nSPS) is 11.6. The van der Waals surface area contributed by atoms with E-state index in [1.165, 1.54) is 12.3 Å². The zero-order valence-electron chi connectivity index (χ0n) is 8.22. The van der Waals surface area contributed by atoms with Gasteiger partial charge in [0, 0.05) is 22.0 Å². The molecule has 0 N–H and O–H groups in total. The van der Waals surface area contributed by atoms with Crippen LogP contribution in [0.5, 0.6) is 0 Å². The van der Waals surface area contributed by atoms with Crippen LogP contribution < -0.4 is 0 Å². The van der Waals surface area contributed by atoms with Gasteiger partial charge in [-0.2, -0.15) is 0 Å². The van der Waals surface area contributed by atoms with Gasteiger partial charge in [-0.05, 0) is 18.2 Å². The van der Waals surface area contributed by atoms with Crippen LogP contribution in [0.3, 0.4) is 0 Å². The van der Waals surface area contributed by atoms with E-state index < -0.39 is 9.84 Å². The quantitative estimate of drug-likeness (QED) is 0.827. The van der Waals surface area contributed by atoms with Crippen molar-refractivity contribution < 1.29 is 8.42 Å². The monoisotopic (exact) mass is 253 g/mol. The second kappa shape index (κ2) is 3.88. The van der Waals surface area contributed by atoms with Crippen molar-refractivity contribution in [2.75, 3.05) is 0 Å². The third-order valence-corrected chi connectivity index (χ3v) is 3.83. The number of hydrogen-bond acceptors (Lipinski definition) is 3. The minimum atomic E-state index is -3.46. The molecule has 0 aliphatic carbocycles. The Morgan fingerprint density at radius 3 is 2.75 bits per heavy atom. The van der Waals surface area contributed by atoms with Gasteiger partial charge in [0.1, 0.15) is 0 Å². The van der Waals surface area contributed by atoms with E-state index >= 15 is 0 Å². The smallest absolute Gasteiger partial charge is 0.199 e. The number of pyridine rings is 1. The molecule has 1 heterocycles. The minimum absolute atomic E-state index is 0.198. The minimum Gasteiger partial charge on any atom is -0.256 e. The lowest BCUT2D eigenvalue weighted by atomic mass is 10.2. The number of hydrogen-bond donors (Lipinski definition) is 0. The van der Waals surface area contributed by atoms with Gasteiger partial charge in [0.2, 0.25) is 0 Å². The van der Waals surface area contributed by atoms with Gasteiger partial charge in [-0.15, -0.1) is 0 Å². The molecule has 1 aromatic heterocycles. The number of nitrogens with zero attached hydrogens (tertiary/aromatic N) is 1. The molecule has 0 unspecified atom stereocenters. The first-order chi connectivity index (χ1) is 7.54. The Balaban J connectivity index is 2.87. The van der Waals surface area contributed by atoms with E-state index in [1.807, 2.05) is 0 Å². The number of halogens is 1. The molecule has 82 valence electrons. The number of sulfone groups is 1. The average molecular weight is 254 g/mol. The molecule has 3 nitrogen and oxygen atoms in total. The molecule has 0 spiro atoms. The molecular formula is C11H8ClNO2S. The maximum Gasteiger partial charge on any atom is 0.199 e. The van der Waals surface area contributed by atoms with Crippen molar-refractivity contribution >= 4 is 32.3 Å². The first-order valence-corrected chi connectivity index (χ1v) is 6.39. The van der Waals surface area contributed by atoms with Crippen LogP contribution >= 0.6 is 11.6 Å². The predicted molar refractivity (Wildman–Crippen MR) is 64.1 cm³/mol. The van der Waals surface area contributed by atoms with E-state index in [0.717, 1.165) is 5.41 Å². The Labute approximate surface area is 98.3 Å². The summed E-state index contributed by atoms with van der Waals surface area (Å²) in [5, 5.41) is 2.00. The third kappa shape index (κ3) is 1.81. The van der Waals surface area contributed by atoms with Crippen LogP contribution in [-0.4, -0.2) is 13.4 Å². The van der Waals surface area contributed by atoms with Crippen LogP contribution in [0, 0.1) is 0 Å². The molecule has 0 saturated heterocycles. The molecule has 5 heteroatoms. The van der Waals surface area contributed by atoms with Crippen LogP contribution in [0.1, 0.15) is 0 Å². The topological polar surface area (TPSA) is 47.0 Å². The summed E-state index contributed by atoms with van der Waals surface area (Å²) >= 11 is 5.81. The van der Waals surface area contributed by atoms with Gasteiger partial charge in [-0.3, -0.25) is 4.98 Å². The molecule has 0 aliphatic rings. The number of rotatable bonds is 2. The lowest BCUT2D eigenvalue weighted by Crippen LogP contribution is -1.97. The summed E-state index contributed by atoms with van der Waals surface area (Å²) in [7, 11) is -3.46. The summed E-state index contributed by atoms with van der Waals surface area (Å²) in [6.45, 7) is 3.30. The molecule has 2 rings (SSSR count). The van der Waals surface area contributed by atoms with Crippen LogP contribution in [0.2, 0.25) is 5.02 Å². The highest BCUT2D eigenvalue weighted by molar-refractivity contribution is 7.94. The summed E-state index contributed by atoms with van der Waals surface area (Å²) in [5.74, 6) is 0. The molecule has 2 aromatic rings. The molecule has 0 radical (unpaired) electrons. The van der Waals surface area contributed by atoms with E-state index in [1.54, 1.807) is 18.2 Å². The van der Waals surface area contributed by atoms with E-state index in [2.05, 4.69) is 11.6 Å². The Morgan fingerprint density at radius 1 is 1.31 bits per heavy atom. The summed E-state index contributed by atoms with van der Waals surface area (Å²) in [4.78, 5) is 4.27. The zero-order valence-corrected chi connectivity index (χ0v) is 9.79. The van der Waals surface area contributed by atoms with Crippen molar-refractivity contribution in [1.82, 2.24) is 4.98 Å². The van der Waals surface area contributed by atoms with Crippen LogP contribution in [-0.2, 0) is 9.84 Å². The van der Waals surface area contributed by atoms with Crippen molar-refractivity contribution in [2.24, 2.45) is 0 Å². The Kier molecular flexibility index (Phi) is 2.69. The second-order valence-electron chi connectivity index (χ2n) is 3.18. The largest absolute Gasteiger partial charge is 0.256 e. The zero-order chi connectivity index (χ0) is 11.8. The summed E-state index contributed by atoms with van der Waals surface area (Å²) < 4.78 is 23.4. The summed E-state index contributed by atoms with van der Waals surface area (Å²) in [5.41, 5.74) is 0.551. The van der Waals surface area contributed by atoms with Gasteiger partial charge in [-0.25, -0.2) is 8.42 Å². The molecule has 0 bridgehead atoms. The number of aromatic nitrogens is 1. The van der Waals surface area contributed by atoms with E-state index in [0.29, 0.717) is 15.9 Å². The predicted octanol–water partition coefficient (Wildman–Crippen LogP) is 2.81. The Morgan fingerprint density at radius 2 is 2.06 bits per heavy atom. The summed E-state index contributed by atoms with van der Waals surface area (Å²) in [6.07, 6.45) is 1.44. The molecule has 0 atom stereocenters. The van der Waals surface area contributed by atoms with Gasteiger partial charge in [0.25, 0.3) is 0 Å². The summed E-state index contributed by atoms with van der Waals surface area (Å²) in [6, 6.07) is 6.35. The highest BCUT2D eigenvalue weighted by Crippen LogP contribution is 2.24. The fourth-order valence-corrected chi connectivity index (χ4v) is 2.51. The fourth-order valence-electron chi connectivity index (χ4n) is 1.43. The Hall–Kier alpha value is -1.39. The van der Waals surface area contributed by atoms with E-state index in [4.69, 9.17) is 11.6 Å². The van der Waals surface area contributed by atoms with E-state index in [9.17, 15) is 8.42 Å². The van der Waals surface area contributed by atoms with Gasteiger partial charge in [-0.1, -0.05) is 24.2 Å². The SMILES string of the molecule is C=CS(=O)(=O)c1ccnc2cc(Cl)ccc12. The molecule has 0 saturated carbocycles. The molecule has 1 aromatic carbocycles. The van der Waals surface area contributed by atoms with Crippen LogP contribution in [0.25, 0.3) is 10.9 Å². The van der Waals surface area contributed by atoms with Crippen molar-refractivity contribution in [3.05, 3.63) is 47.5 Å². The van der Waals surface area contributed by atoms with Crippen LogP contribution in [0.4, 0.5) is 0 Å². The molecular weight excluding hydrogens is 246 g/mol. The number of benzene rings is 1. The van der Waals surface area contributed by atoms with Gasteiger partial charge < -0.3 is 0 Å². The lowest BCUT2D eigenvalue weighted by Gasteiger charge is -2.04. The van der Waals surface area contributed by atoms with Crippen LogP contribution in [0.15, 0.2) is 47.3 Å². The molecule has 0 fully saturated rings. The first-order valence-electron chi connectivity index (χ1n) is 4.46. The highest BCUT2D eigenvalue weighted by Gasteiger charge is 2.13. The maximum absolute atomic E-state index is 11.7. The highest BCUT2D eigenvalue weighted by atomic mass is 35.5. The molecule has 16 heavy (non-hydrogen) atoms.